The monoisotopic (exact) mass is 727 g/mol. The summed E-state index contributed by atoms with van der Waals surface area (Å²) >= 11 is 0. The molecule has 0 radical (unpaired) electrons. The molecule has 10 aromatic rings. The van der Waals surface area contributed by atoms with Gasteiger partial charge in [0.1, 0.15) is 5.58 Å². The van der Waals surface area contributed by atoms with E-state index in [-0.39, 0.29) is 5.41 Å². The van der Waals surface area contributed by atoms with Gasteiger partial charge in [-0.3, -0.25) is 0 Å². The summed E-state index contributed by atoms with van der Waals surface area (Å²) in [7, 11) is 0. The fourth-order valence-corrected chi connectivity index (χ4v) is 10.0. The fraction of sp³-hybridized carbons (Fsp3) is 0.0545. The zero-order valence-electron chi connectivity index (χ0n) is 31.8. The second-order valence-electron chi connectivity index (χ2n) is 16.0. The molecule has 0 saturated heterocycles. The van der Waals surface area contributed by atoms with Gasteiger partial charge in [-0.2, -0.15) is 0 Å². The Morgan fingerprint density at radius 3 is 1.79 bits per heavy atom. The van der Waals surface area contributed by atoms with Crippen molar-refractivity contribution in [2.75, 3.05) is 4.90 Å². The maximum Gasteiger partial charge on any atom is 0.160 e. The summed E-state index contributed by atoms with van der Waals surface area (Å²) in [6, 6.07) is 68.7. The number of rotatable bonds is 5. The van der Waals surface area contributed by atoms with Crippen molar-refractivity contribution < 1.29 is 4.42 Å². The molecule has 1 heterocycles. The van der Waals surface area contributed by atoms with Crippen LogP contribution in [0, 0.1) is 0 Å². The molecule has 0 atom stereocenters. The molecule has 2 aliphatic rings. The first-order chi connectivity index (χ1) is 28.1. The lowest BCUT2D eigenvalue weighted by molar-refractivity contribution is 0.660. The van der Waals surface area contributed by atoms with Crippen molar-refractivity contribution in [1.29, 1.82) is 0 Å². The van der Waals surface area contributed by atoms with Crippen LogP contribution in [0.1, 0.15) is 25.0 Å². The largest absolute Gasteiger partial charge is 0.454 e. The van der Waals surface area contributed by atoms with E-state index >= 15 is 0 Å². The van der Waals surface area contributed by atoms with Crippen LogP contribution in [0.15, 0.2) is 192 Å². The Hall–Kier alpha value is -7.16. The first kappa shape index (κ1) is 32.1. The molecule has 0 saturated carbocycles. The molecule has 9 aromatic carbocycles. The minimum Gasteiger partial charge on any atom is -0.454 e. The highest BCUT2D eigenvalue weighted by Crippen LogP contribution is 2.56. The van der Waals surface area contributed by atoms with Gasteiger partial charge in [-0.15, -0.1) is 0 Å². The van der Waals surface area contributed by atoms with Crippen molar-refractivity contribution in [2.24, 2.45) is 0 Å². The number of nitrogens with zero attached hydrogens (tertiary/aromatic N) is 1. The van der Waals surface area contributed by atoms with E-state index in [2.05, 4.69) is 207 Å². The summed E-state index contributed by atoms with van der Waals surface area (Å²) in [5.74, 6) is 0. The average molecular weight is 728 g/mol. The SMILES string of the molecule is CC1(C)c2ccccc2-c2c(N(c3ccc(-c4ccccc4)cc3)c3ccc(-c4ccc5c6c(cccc46)-c4ccccc4-5)c4c3oc3ccccc34)cccc21. The highest BCUT2D eigenvalue weighted by Gasteiger charge is 2.38. The number of anilines is 3. The summed E-state index contributed by atoms with van der Waals surface area (Å²) in [4.78, 5) is 2.43. The molecule has 2 nitrogen and oxygen atoms in total. The van der Waals surface area contributed by atoms with E-state index in [0.717, 1.165) is 39.0 Å². The van der Waals surface area contributed by atoms with E-state index in [1.807, 2.05) is 0 Å². The molecule has 57 heavy (non-hydrogen) atoms. The molecule has 0 unspecified atom stereocenters. The first-order valence-corrected chi connectivity index (χ1v) is 19.9. The van der Waals surface area contributed by atoms with Crippen LogP contribution in [-0.2, 0) is 5.41 Å². The van der Waals surface area contributed by atoms with Crippen LogP contribution in [-0.4, -0.2) is 0 Å². The molecule has 0 fully saturated rings. The topological polar surface area (TPSA) is 16.4 Å². The van der Waals surface area contributed by atoms with E-state index in [1.54, 1.807) is 0 Å². The molecule has 0 aliphatic heterocycles. The summed E-state index contributed by atoms with van der Waals surface area (Å²) in [6.45, 7) is 4.70. The normalized spacial score (nSPS) is 13.2. The van der Waals surface area contributed by atoms with Gasteiger partial charge in [0.05, 0.1) is 11.4 Å². The van der Waals surface area contributed by atoms with Gasteiger partial charge in [0.25, 0.3) is 0 Å². The Kier molecular flexibility index (Phi) is 6.72. The molecule has 0 spiro atoms. The van der Waals surface area contributed by atoms with Crippen molar-refractivity contribution in [3.05, 3.63) is 199 Å². The van der Waals surface area contributed by atoms with Gasteiger partial charge in [-0.25, -0.2) is 0 Å². The molecule has 2 heteroatoms. The lowest BCUT2D eigenvalue weighted by Crippen LogP contribution is -2.16. The fourth-order valence-electron chi connectivity index (χ4n) is 10.0. The Morgan fingerprint density at radius 1 is 0.386 bits per heavy atom. The Bertz CT molecular complexity index is 3230. The van der Waals surface area contributed by atoms with Crippen molar-refractivity contribution in [2.45, 2.75) is 19.3 Å². The van der Waals surface area contributed by atoms with Gasteiger partial charge >= 0.3 is 0 Å². The van der Waals surface area contributed by atoms with Crippen LogP contribution < -0.4 is 4.90 Å². The predicted octanol–water partition coefficient (Wildman–Crippen LogP) is 15.5. The second kappa shape index (κ2) is 11.9. The molecule has 0 amide bonds. The molecule has 0 bridgehead atoms. The summed E-state index contributed by atoms with van der Waals surface area (Å²) in [5, 5.41) is 4.81. The van der Waals surface area contributed by atoms with E-state index in [1.165, 1.54) is 77.5 Å². The number of para-hydroxylation sites is 1. The van der Waals surface area contributed by atoms with Crippen LogP contribution in [0.3, 0.4) is 0 Å². The van der Waals surface area contributed by atoms with Gasteiger partial charge in [-0.1, -0.05) is 172 Å². The van der Waals surface area contributed by atoms with Gasteiger partial charge in [0.2, 0.25) is 0 Å². The minimum atomic E-state index is -0.140. The molecular weight excluding hydrogens is 691 g/mol. The van der Waals surface area contributed by atoms with E-state index in [9.17, 15) is 0 Å². The van der Waals surface area contributed by atoms with Crippen LogP contribution in [0.5, 0.6) is 0 Å². The van der Waals surface area contributed by atoms with Crippen molar-refractivity contribution in [1.82, 2.24) is 0 Å². The van der Waals surface area contributed by atoms with E-state index < -0.39 is 0 Å². The lowest BCUT2D eigenvalue weighted by atomic mass is 9.82. The van der Waals surface area contributed by atoms with Crippen LogP contribution in [0.4, 0.5) is 17.1 Å². The standard InChI is InChI=1S/C55H37NO/c1-55(2)46-22-10-8-18-44(46)53-47(55)23-13-24-48(53)56(36-28-26-35(27-29-36)34-14-4-3-5-15-34)49-33-32-43(52-45-19-9-11-25-50(45)57-54(49)52)39-30-31-42-38-17-7-6-16-37(38)40-20-12-21-41(39)51(40)42/h3-33H,1-2H3. The molecule has 12 rings (SSSR count). The van der Waals surface area contributed by atoms with E-state index in [4.69, 9.17) is 4.42 Å². The van der Waals surface area contributed by atoms with Crippen LogP contribution in [0.25, 0.3) is 88.3 Å². The zero-order chi connectivity index (χ0) is 37.8. The third-order valence-electron chi connectivity index (χ3n) is 12.6. The number of hydrogen-bond acceptors (Lipinski definition) is 2. The lowest BCUT2D eigenvalue weighted by Gasteiger charge is -2.29. The third-order valence-corrected chi connectivity index (χ3v) is 12.6. The van der Waals surface area contributed by atoms with E-state index in [0.29, 0.717) is 0 Å². The van der Waals surface area contributed by atoms with Gasteiger partial charge in [0, 0.05) is 27.4 Å². The Balaban J connectivity index is 1.14. The molecule has 1 aromatic heterocycles. The number of benzene rings is 9. The maximum absolute atomic E-state index is 7.07. The number of hydrogen-bond donors (Lipinski definition) is 0. The van der Waals surface area contributed by atoms with Crippen molar-refractivity contribution >= 4 is 49.8 Å². The molecule has 2 aliphatic carbocycles. The second-order valence-corrected chi connectivity index (χ2v) is 16.0. The number of furan rings is 1. The van der Waals surface area contributed by atoms with Gasteiger partial charge in [-0.05, 0) is 102 Å². The Labute approximate surface area is 331 Å². The highest BCUT2D eigenvalue weighted by molar-refractivity contribution is 6.23. The minimum absolute atomic E-state index is 0.140. The van der Waals surface area contributed by atoms with Crippen LogP contribution in [0.2, 0.25) is 0 Å². The third kappa shape index (κ3) is 4.53. The predicted molar refractivity (Wildman–Crippen MR) is 239 cm³/mol. The Morgan fingerprint density at radius 2 is 0.965 bits per heavy atom. The molecular formula is C55H37NO. The number of fused-ring (bicyclic) bond motifs is 9. The summed E-state index contributed by atoms with van der Waals surface area (Å²) in [6.07, 6.45) is 0. The van der Waals surface area contributed by atoms with Crippen molar-refractivity contribution in [3.8, 4) is 55.6 Å². The summed E-state index contributed by atoms with van der Waals surface area (Å²) < 4.78 is 7.07. The highest BCUT2D eigenvalue weighted by atomic mass is 16.3. The first-order valence-electron chi connectivity index (χ1n) is 19.9. The zero-order valence-corrected chi connectivity index (χ0v) is 31.8. The molecule has 268 valence electrons. The summed E-state index contributed by atoms with van der Waals surface area (Å²) in [5.41, 5.74) is 20.0. The van der Waals surface area contributed by atoms with Gasteiger partial charge < -0.3 is 9.32 Å². The average Bonchev–Trinajstić information content (AvgIpc) is 3.89. The molecule has 0 N–H and O–H groups in total. The van der Waals surface area contributed by atoms with Crippen LogP contribution >= 0.6 is 0 Å². The smallest absolute Gasteiger partial charge is 0.160 e. The quantitative estimate of drug-likeness (QED) is 0.175. The van der Waals surface area contributed by atoms with Crippen molar-refractivity contribution in [3.63, 3.8) is 0 Å². The van der Waals surface area contributed by atoms with Gasteiger partial charge in [0.15, 0.2) is 5.58 Å². The maximum atomic E-state index is 7.07.